The lowest BCUT2D eigenvalue weighted by Gasteiger charge is -2.17. The number of hydrogen-bond acceptors (Lipinski definition) is 3. The summed E-state index contributed by atoms with van der Waals surface area (Å²) in [7, 11) is 1.67. The minimum absolute atomic E-state index is 0.681. The lowest BCUT2D eigenvalue weighted by Crippen LogP contribution is -2.02. The number of halogens is 1. The number of benzene rings is 2. The summed E-state index contributed by atoms with van der Waals surface area (Å²) in [6.07, 6.45) is 5.23. The highest BCUT2D eigenvalue weighted by atomic mass is 35.5. The maximum absolute atomic E-state index is 6.01. The number of fused-ring (bicyclic) bond motifs is 1. The van der Waals surface area contributed by atoms with Crippen LogP contribution in [0.3, 0.4) is 0 Å². The van der Waals surface area contributed by atoms with Crippen molar-refractivity contribution in [3.63, 3.8) is 0 Å². The van der Waals surface area contributed by atoms with Crippen LogP contribution in [0.1, 0.15) is 39.0 Å². The van der Waals surface area contributed by atoms with Gasteiger partial charge in [-0.1, -0.05) is 37.6 Å². The Bertz CT molecular complexity index is 628. The van der Waals surface area contributed by atoms with Crippen LogP contribution in [-0.4, -0.2) is 26.2 Å². The lowest BCUT2D eigenvalue weighted by molar-refractivity contribution is 0.286. The van der Waals surface area contributed by atoms with Gasteiger partial charge in [0, 0.05) is 22.7 Å². The molecule has 0 unspecified atom stereocenters. The van der Waals surface area contributed by atoms with Crippen LogP contribution >= 0.6 is 11.6 Å². The zero-order valence-corrected chi connectivity index (χ0v) is 15.4. The monoisotopic (exact) mass is 350 g/mol. The maximum atomic E-state index is 6.01. The first-order valence-electron chi connectivity index (χ1n) is 8.73. The van der Waals surface area contributed by atoms with Gasteiger partial charge in [0.1, 0.15) is 5.75 Å². The van der Waals surface area contributed by atoms with Gasteiger partial charge in [-0.25, -0.2) is 0 Å². The Morgan fingerprint density at radius 3 is 2.33 bits per heavy atom. The van der Waals surface area contributed by atoms with Crippen molar-refractivity contribution in [2.75, 3.05) is 26.2 Å². The fraction of sp³-hybridized carbons (Fsp3) is 0.500. The second kappa shape index (κ2) is 10.3. The van der Waals surface area contributed by atoms with Crippen LogP contribution in [0.25, 0.3) is 10.8 Å². The van der Waals surface area contributed by atoms with Crippen molar-refractivity contribution in [2.24, 2.45) is 0 Å². The third-order valence-electron chi connectivity index (χ3n) is 3.92. The molecule has 0 fully saturated rings. The predicted molar refractivity (Wildman–Crippen MR) is 101 cm³/mol. The summed E-state index contributed by atoms with van der Waals surface area (Å²) in [5.74, 6) is 3.08. The highest BCUT2D eigenvalue weighted by Gasteiger charge is 2.14. The smallest absolute Gasteiger partial charge is 0.169 e. The molecule has 4 heteroatoms. The van der Waals surface area contributed by atoms with Crippen molar-refractivity contribution in [1.82, 2.24) is 0 Å². The molecule has 132 valence electrons. The molecule has 0 bridgehead atoms. The van der Waals surface area contributed by atoms with Crippen LogP contribution < -0.4 is 14.2 Å². The number of unbranched alkanes of at least 4 members (excludes halogenated alkanes) is 3. The fourth-order valence-electron chi connectivity index (χ4n) is 2.59. The molecule has 0 atom stereocenters. The lowest BCUT2D eigenvalue weighted by atomic mass is 10.1. The van der Waals surface area contributed by atoms with Gasteiger partial charge in [0.05, 0.1) is 20.3 Å². The Morgan fingerprint density at radius 1 is 0.875 bits per heavy atom. The molecule has 0 amide bonds. The molecular formula is C20H27ClO3. The van der Waals surface area contributed by atoms with Gasteiger partial charge in [-0.05, 0) is 25.7 Å². The van der Waals surface area contributed by atoms with Crippen molar-refractivity contribution in [2.45, 2.75) is 39.0 Å². The van der Waals surface area contributed by atoms with Gasteiger partial charge < -0.3 is 14.2 Å². The van der Waals surface area contributed by atoms with E-state index < -0.39 is 0 Å². The molecule has 0 radical (unpaired) electrons. The first-order valence-corrected chi connectivity index (χ1v) is 9.26. The summed E-state index contributed by atoms with van der Waals surface area (Å²) < 4.78 is 17.6. The number of alkyl halides is 1. The minimum Gasteiger partial charge on any atom is -0.493 e. The van der Waals surface area contributed by atoms with E-state index in [1.54, 1.807) is 7.11 Å². The molecule has 0 aliphatic carbocycles. The Balaban J connectivity index is 2.23. The average Bonchev–Trinajstić information content (AvgIpc) is 2.62. The van der Waals surface area contributed by atoms with E-state index in [4.69, 9.17) is 25.8 Å². The van der Waals surface area contributed by atoms with E-state index in [-0.39, 0.29) is 0 Å². The zero-order chi connectivity index (χ0) is 17.2. The van der Waals surface area contributed by atoms with Crippen molar-refractivity contribution in [3.8, 4) is 17.2 Å². The second-order valence-corrected chi connectivity index (χ2v) is 6.13. The Morgan fingerprint density at radius 2 is 1.62 bits per heavy atom. The van der Waals surface area contributed by atoms with Gasteiger partial charge in [0.2, 0.25) is 0 Å². The molecule has 0 spiro atoms. The number of hydrogen-bond donors (Lipinski definition) is 0. The summed E-state index contributed by atoms with van der Waals surface area (Å²) >= 11 is 5.71. The van der Waals surface area contributed by atoms with Gasteiger partial charge in [-0.15, -0.1) is 11.6 Å². The van der Waals surface area contributed by atoms with Crippen LogP contribution in [0, 0.1) is 0 Å². The Kier molecular flexibility index (Phi) is 8.03. The molecular weight excluding hydrogens is 324 g/mol. The van der Waals surface area contributed by atoms with Crippen LogP contribution in [0.15, 0.2) is 30.3 Å². The van der Waals surface area contributed by atoms with Crippen molar-refractivity contribution in [3.05, 3.63) is 30.3 Å². The molecule has 0 saturated heterocycles. The normalized spacial score (nSPS) is 10.8. The maximum Gasteiger partial charge on any atom is 0.169 e. The summed E-state index contributed by atoms with van der Waals surface area (Å²) in [5.41, 5.74) is 0. The first-order chi connectivity index (χ1) is 11.8. The van der Waals surface area contributed by atoms with Crippen molar-refractivity contribution < 1.29 is 14.2 Å². The largest absolute Gasteiger partial charge is 0.493 e. The third-order valence-corrected chi connectivity index (χ3v) is 4.19. The van der Waals surface area contributed by atoms with Crippen LogP contribution in [0.2, 0.25) is 0 Å². The molecule has 3 nitrogen and oxygen atoms in total. The van der Waals surface area contributed by atoms with E-state index >= 15 is 0 Å². The van der Waals surface area contributed by atoms with Gasteiger partial charge in [0.25, 0.3) is 0 Å². The molecule has 0 aliphatic heterocycles. The summed E-state index contributed by atoms with van der Waals surface area (Å²) in [4.78, 5) is 0. The number of methoxy groups -OCH3 is 1. The average molecular weight is 351 g/mol. The van der Waals surface area contributed by atoms with Gasteiger partial charge in [-0.2, -0.15) is 0 Å². The van der Waals surface area contributed by atoms with E-state index in [9.17, 15) is 0 Å². The highest BCUT2D eigenvalue weighted by Crippen LogP contribution is 2.41. The standard InChI is InChI=1S/C20H27ClO3/c1-3-4-13-24-20-17-11-7-6-10-16(17)18(15-19(20)22-2)23-14-9-5-8-12-21/h6-7,10-11,15H,3-5,8-9,12-14H2,1-2H3. The fourth-order valence-corrected chi connectivity index (χ4v) is 2.77. The molecule has 2 aromatic carbocycles. The van der Waals surface area contributed by atoms with Crippen LogP contribution in [0.5, 0.6) is 17.2 Å². The number of rotatable bonds is 11. The van der Waals surface area contributed by atoms with Crippen LogP contribution in [-0.2, 0) is 0 Å². The van der Waals surface area contributed by atoms with Gasteiger partial charge in [0.15, 0.2) is 11.5 Å². The molecule has 0 saturated carbocycles. The van der Waals surface area contributed by atoms with Crippen molar-refractivity contribution >= 4 is 22.4 Å². The second-order valence-electron chi connectivity index (χ2n) is 5.75. The molecule has 0 aliphatic rings. The molecule has 0 N–H and O–H groups in total. The minimum atomic E-state index is 0.681. The summed E-state index contributed by atoms with van der Waals surface area (Å²) in [5, 5.41) is 2.09. The molecule has 2 rings (SSSR count). The zero-order valence-electron chi connectivity index (χ0n) is 14.6. The third kappa shape index (κ3) is 4.94. The Hall–Kier alpha value is -1.61. The molecule has 24 heavy (non-hydrogen) atoms. The molecule has 0 aromatic heterocycles. The topological polar surface area (TPSA) is 27.7 Å². The molecule has 2 aromatic rings. The van der Waals surface area contributed by atoms with E-state index in [1.807, 2.05) is 18.2 Å². The van der Waals surface area contributed by atoms with E-state index in [2.05, 4.69) is 19.1 Å². The van der Waals surface area contributed by atoms with E-state index in [0.717, 1.165) is 60.1 Å². The van der Waals surface area contributed by atoms with Crippen LogP contribution in [0.4, 0.5) is 0 Å². The van der Waals surface area contributed by atoms with E-state index in [0.29, 0.717) is 19.1 Å². The summed E-state index contributed by atoms with van der Waals surface area (Å²) in [6.45, 7) is 3.52. The Labute approximate surface area is 149 Å². The summed E-state index contributed by atoms with van der Waals surface area (Å²) in [6, 6.07) is 10.1. The van der Waals surface area contributed by atoms with Gasteiger partial charge >= 0.3 is 0 Å². The van der Waals surface area contributed by atoms with Crippen molar-refractivity contribution in [1.29, 1.82) is 0 Å². The SMILES string of the molecule is CCCCOc1c(OC)cc(OCCCCCCl)c2ccccc12. The first kappa shape index (κ1) is 18.7. The number of ether oxygens (including phenoxy) is 3. The van der Waals surface area contributed by atoms with Gasteiger partial charge in [-0.3, -0.25) is 0 Å². The predicted octanol–water partition coefficient (Wildman–Crippen LogP) is 5.82. The quantitative estimate of drug-likeness (QED) is 0.377. The van der Waals surface area contributed by atoms with E-state index in [1.165, 1.54) is 0 Å². The highest BCUT2D eigenvalue weighted by molar-refractivity contribution is 6.17. The molecule has 0 heterocycles.